The Morgan fingerprint density at radius 3 is 2.03 bits per heavy atom. The van der Waals surface area contributed by atoms with Crippen LogP contribution in [-0.4, -0.2) is 42.4 Å². The molecule has 0 aromatic heterocycles. The minimum absolute atomic E-state index is 0.0865. The van der Waals surface area contributed by atoms with E-state index in [2.05, 4.69) is 5.32 Å². The average molecular weight is 427 g/mol. The maximum Gasteiger partial charge on any atom is 0.408 e. The lowest BCUT2D eigenvalue weighted by Crippen LogP contribution is -2.66. The van der Waals surface area contributed by atoms with Crippen molar-refractivity contribution >= 4 is 23.8 Å². The second-order valence-corrected chi connectivity index (χ2v) is 6.89. The van der Waals surface area contributed by atoms with Crippen molar-refractivity contribution < 1.29 is 28.7 Å². The molecule has 2 aromatic rings. The van der Waals surface area contributed by atoms with Crippen molar-refractivity contribution in [3.05, 3.63) is 71.8 Å². The number of carbonyl (C=O) groups excluding carboxylic acids is 4. The lowest BCUT2D eigenvalue weighted by molar-refractivity contribution is -0.154. The Morgan fingerprint density at radius 2 is 1.52 bits per heavy atom. The normalized spacial score (nSPS) is 13.4. The van der Waals surface area contributed by atoms with Crippen LogP contribution in [0.1, 0.15) is 17.5 Å². The third-order valence-electron chi connectivity index (χ3n) is 4.55. The number of benzene rings is 2. The first-order valence-electron chi connectivity index (χ1n) is 9.48. The highest BCUT2D eigenvalue weighted by Gasteiger charge is 2.51. The van der Waals surface area contributed by atoms with Gasteiger partial charge in [0.05, 0.1) is 13.2 Å². The number of hydrogen-bond donors (Lipinski definition) is 3. The Kier molecular flexibility index (Phi) is 8.27. The predicted molar refractivity (Wildman–Crippen MR) is 111 cm³/mol. The van der Waals surface area contributed by atoms with E-state index < -0.39 is 41.8 Å². The molecular weight excluding hydrogens is 402 g/mol. The zero-order valence-electron chi connectivity index (χ0n) is 17.1. The number of nitrogens with one attached hydrogen (secondary N) is 1. The van der Waals surface area contributed by atoms with Gasteiger partial charge in [-0.2, -0.15) is 0 Å². The van der Waals surface area contributed by atoms with Gasteiger partial charge in [0.1, 0.15) is 6.61 Å². The summed E-state index contributed by atoms with van der Waals surface area (Å²) >= 11 is 0. The van der Waals surface area contributed by atoms with E-state index in [-0.39, 0.29) is 13.0 Å². The van der Waals surface area contributed by atoms with Crippen molar-refractivity contribution in [1.82, 2.24) is 5.32 Å². The summed E-state index contributed by atoms with van der Waals surface area (Å²) in [4.78, 5) is 49.9. The summed E-state index contributed by atoms with van der Waals surface area (Å²) in [7, 11) is 1.08. The number of nitrogens with two attached hydrogens (primary N) is 2. The monoisotopic (exact) mass is 427 g/mol. The van der Waals surface area contributed by atoms with Gasteiger partial charge in [0.2, 0.25) is 11.4 Å². The van der Waals surface area contributed by atoms with Crippen molar-refractivity contribution in [2.75, 3.05) is 7.11 Å². The number of esters is 1. The van der Waals surface area contributed by atoms with Crippen molar-refractivity contribution in [3.63, 3.8) is 0 Å². The highest BCUT2D eigenvalue weighted by molar-refractivity contribution is 6.13. The Morgan fingerprint density at radius 1 is 0.968 bits per heavy atom. The number of ether oxygens (including phenoxy) is 2. The lowest BCUT2D eigenvalue weighted by Gasteiger charge is -2.32. The molecule has 0 aliphatic carbocycles. The van der Waals surface area contributed by atoms with Crippen LogP contribution >= 0.6 is 0 Å². The molecule has 31 heavy (non-hydrogen) atoms. The maximum atomic E-state index is 13.2. The summed E-state index contributed by atoms with van der Waals surface area (Å²) in [6.07, 6.45) is -1.79. The number of primary amides is 1. The van der Waals surface area contributed by atoms with Crippen LogP contribution in [0.5, 0.6) is 0 Å². The summed E-state index contributed by atoms with van der Waals surface area (Å²) in [5, 5.41) is 2.34. The van der Waals surface area contributed by atoms with E-state index in [4.69, 9.17) is 20.9 Å². The summed E-state index contributed by atoms with van der Waals surface area (Å²) in [5.74, 6) is -2.79. The van der Waals surface area contributed by atoms with Gasteiger partial charge < -0.3 is 20.9 Å². The summed E-state index contributed by atoms with van der Waals surface area (Å²) in [5.41, 5.74) is 10.0. The number of ketones is 1. The first kappa shape index (κ1) is 23.6. The Bertz CT molecular complexity index is 919. The molecule has 0 fully saturated rings. The zero-order valence-corrected chi connectivity index (χ0v) is 17.1. The van der Waals surface area contributed by atoms with E-state index in [1.54, 1.807) is 54.6 Å². The van der Waals surface area contributed by atoms with Crippen LogP contribution in [0.4, 0.5) is 4.79 Å². The second kappa shape index (κ2) is 10.9. The molecule has 2 atom stereocenters. The van der Waals surface area contributed by atoms with Gasteiger partial charge in [-0.25, -0.2) is 9.59 Å². The van der Waals surface area contributed by atoms with Crippen LogP contribution in [-0.2, 0) is 36.9 Å². The summed E-state index contributed by atoms with van der Waals surface area (Å²) in [6, 6.07) is 15.9. The average Bonchev–Trinajstić information content (AvgIpc) is 2.77. The number of alkyl carbamates (subject to hydrolysis) is 1. The lowest BCUT2D eigenvalue weighted by atomic mass is 9.82. The SMILES string of the molecule is COC(=O)[C@](Cc1ccccc1)(NC(=O)OCc1ccccc1)C(=O)C(N)CC(N)=O. The number of hydrogen-bond acceptors (Lipinski definition) is 7. The fourth-order valence-electron chi connectivity index (χ4n) is 3.05. The van der Waals surface area contributed by atoms with Gasteiger partial charge in [-0.05, 0) is 11.1 Å². The molecule has 0 radical (unpaired) electrons. The third-order valence-corrected chi connectivity index (χ3v) is 4.55. The van der Waals surface area contributed by atoms with Crippen LogP contribution in [0.15, 0.2) is 60.7 Å². The van der Waals surface area contributed by atoms with Gasteiger partial charge in [0.15, 0.2) is 5.78 Å². The minimum Gasteiger partial charge on any atom is -0.467 e. The molecule has 2 amide bonds. The number of carbonyl (C=O) groups is 4. The largest absolute Gasteiger partial charge is 0.467 e. The zero-order chi connectivity index (χ0) is 22.9. The quantitative estimate of drug-likeness (QED) is 0.375. The van der Waals surface area contributed by atoms with E-state index in [1.807, 2.05) is 6.07 Å². The van der Waals surface area contributed by atoms with Crippen LogP contribution in [0.25, 0.3) is 0 Å². The van der Waals surface area contributed by atoms with E-state index in [0.29, 0.717) is 11.1 Å². The molecule has 2 rings (SSSR count). The van der Waals surface area contributed by atoms with E-state index in [9.17, 15) is 19.2 Å². The molecule has 9 heteroatoms. The van der Waals surface area contributed by atoms with Gasteiger partial charge in [-0.15, -0.1) is 0 Å². The van der Waals surface area contributed by atoms with Gasteiger partial charge in [-0.3, -0.25) is 14.9 Å². The minimum atomic E-state index is -2.21. The van der Waals surface area contributed by atoms with Crippen LogP contribution in [0.3, 0.4) is 0 Å². The smallest absolute Gasteiger partial charge is 0.408 e. The highest BCUT2D eigenvalue weighted by Crippen LogP contribution is 2.20. The Labute approximate surface area is 179 Å². The number of rotatable bonds is 10. The Hall–Kier alpha value is -3.72. The summed E-state index contributed by atoms with van der Waals surface area (Å²) < 4.78 is 10.0. The molecule has 0 saturated heterocycles. The number of methoxy groups -OCH3 is 1. The van der Waals surface area contributed by atoms with Crippen molar-refractivity contribution in [2.24, 2.45) is 11.5 Å². The van der Waals surface area contributed by atoms with Crippen molar-refractivity contribution in [1.29, 1.82) is 0 Å². The second-order valence-electron chi connectivity index (χ2n) is 6.89. The highest BCUT2D eigenvalue weighted by atomic mass is 16.6. The molecule has 0 aliphatic rings. The van der Waals surface area contributed by atoms with Gasteiger partial charge in [0.25, 0.3) is 0 Å². The maximum absolute atomic E-state index is 13.2. The molecule has 1 unspecified atom stereocenters. The fraction of sp³-hybridized carbons (Fsp3) is 0.273. The molecule has 9 nitrogen and oxygen atoms in total. The molecule has 0 spiro atoms. The third kappa shape index (κ3) is 6.38. The van der Waals surface area contributed by atoms with Crippen molar-refractivity contribution in [3.8, 4) is 0 Å². The first-order chi connectivity index (χ1) is 14.8. The first-order valence-corrected chi connectivity index (χ1v) is 9.48. The standard InChI is InChI=1S/C22H25N3O6/c1-30-20(28)22(13-15-8-4-2-5-9-15,19(27)17(23)12-18(24)26)25-21(29)31-14-16-10-6-3-7-11-16/h2-11,17H,12-14,23H2,1H3,(H2,24,26)(H,25,29)/t17?,22-/m1/s1. The molecule has 0 heterocycles. The van der Waals surface area contributed by atoms with E-state index >= 15 is 0 Å². The Balaban J connectivity index is 2.35. The van der Waals surface area contributed by atoms with Crippen LogP contribution < -0.4 is 16.8 Å². The fourth-order valence-corrected chi connectivity index (χ4v) is 3.05. The van der Waals surface area contributed by atoms with Gasteiger partial charge in [0, 0.05) is 12.8 Å². The van der Waals surface area contributed by atoms with E-state index in [1.165, 1.54) is 0 Å². The number of Topliss-reactive ketones (excluding diaryl/α,β-unsaturated/α-hetero) is 1. The van der Waals surface area contributed by atoms with Crippen LogP contribution in [0, 0.1) is 0 Å². The van der Waals surface area contributed by atoms with Crippen LogP contribution in [0.2, 0.25) is 0 Å². The molecule has 5 N–H and O–H groups in total. The summed E-state index contributed by atoms with van der Waals surface area (Å²) in [6.45, 7) is -0.0865. The van der Waals surface area contributed by atoms with Gasteiger partial charge in [-0.1, -0.05) is 60.7 Å². The molecular formula is C22H25N3O6. The molecule has 0 saturated carbocycles. The topological polar surface area (TPSA) is 151 Å². The van der Waals surface area contributed by atoms with Crippen molar-refractivity contribution in [2.45, 2.75) is 31.0 Å². The molecule has 0 bridgehead atoms. The molecule has 0 aliphatic heterocycles. The van der Waals surface area contributed by atoms with E-state index in [0.717, 1.165) is 7.11 Å². The molecule has 164 valence electrons. The molecule has 2 aromatic carbocycles. The number of amides is 2. The van der Waals surface area contributed by atoms with Gasteiger partial charge >= 0.3 is 12.1 Å². The predicted octanol–water partition coefficient (Wildman–Crippen LogP) is 0.839.